The molecule has 0 saturated carbocycles. The molecule has 178 valence electrons. The summed E-state index contributed by atoms with van der Waals surface area (Å²) in [5.41, 5.74) is 0. The van der Waals surface area contributed by atoms with Crippen molar-refractivity contribution in [3.8, 4) is 0 Å². The van der Waals surface area contributed by atoms with Gasteiger partial charge in [0.15, 0.2) is 25.7 Å². The Bertz CT molecular complexity index is 697. The van der Waals surface area contributed by atoms with Gasteiger partial charge in [0.05, 0.1) is 12.7 Å². The summed E-state index contributed by atoms with van der Waals surface area (Å²) < 4.78 is 37.6. The van der Waals surface area contributed by atoms with Crippen molar-refractivity contribution in [3.63, 3.8) is 0 Å². The van der Waals surface area contributed by atoms with Crippen LogP contribution >= 0.6 is 0 Å². The zero-order valence-electron chi connectivity index (χ0n) is 20.5. The quantitative estimate of drug-likeness (QED) is 0.442. The van der Waals surface area contributed by atoms with Gasteiger partial charge in [-0.2, -0.15) is 0 Å². The highest BCUT2D eigenvalue weighted by molar-refractivity contribution is 6.74. The van der Waals surface area contributed by atoms with Gasteiger partial charge in [-0.1, -0.05) is 27.4 Å². The lowest BCUT2D eigenvalue weighted by Crippen LogP contribution is -2.57. The molecule has 3 aliphatic heterocycles. The predicted molar refractivity (Wildman–Crippen MR) is 119 cm³/mol. The highest BCUT2D eigenvalue weighted by Gasteiger charge is 2.58. The van der Waals surface area contributed by atoms with E-state index in [0.29, 0.717) is 13.0 Å². The van der Waals surface area contributed by atoms with Crippen LogP contribution in [0.25, 0.3) is 0 Å². The third-order valence-corrected chi connectivity index (χ3v) is 11.3. The zero-order valence-corrected chi connectivity index (χ0v) is 21.5. The van der Waals surface area contributed by atoms with Crippen LogP contribution < -0.4 is 0 Å². The second-order valence-corrected chi connectivity index (χ2v) is 16.1. The van der Waals surface area contributed by atoms with Crippen molar-refractivity contribution in [2.45, 2.75) is 121 Å². The van der Waals surface area contributed by atoms with Crippen LogP contribution in [0, 0.1) is 0 Å². The van der Waals surface area contributed by atoms with Gasteiger partial charge in [-0.25, -0.2) is 0 Å². The molecular formula is C23H40O7Si. The van der Waals surface area contributed by atoms with Gasteiger partial charge < -0.3 is 28.1 Å². The third kappa shape index (κ3) is 5.32. The summed E-state index contributed by atoms with van der Waals surface area (Å²) in [6.45, 7) is 22.6. The fourth-order valence-corrected chi connectivity index (χ4v) is 5.23. The van der Waals surface area contributed by atoms with Crippen LogP contribution in [-0.2, 0) is 32.9 Å². The fraction of sp³-hybridized carbons (Fsp3) is 0.870. The molecule has 0 radical (unpaired) electrons. The molecule has 31 heavy (non-hydrogen) atoms. The van der Waals surface area contributed by atoms with Crippen LogP contribution in [0.4, 0.5) is 0 Å². The summed E-state index contributed by atoms with van der Waals surface area (Å²) >= 11 is 0. The lowest BCUT2D eigenvalue weighted by atomic mass is 9.91. The second kappa shape index (κ2) is 8.31. The molecule has 3 heterocycles. The van der Waals surface area contributed by atoms with E-state index in [1.54, 1.807) is 0 Å². The van der Waals surface area contributed by atoms with Crippen LogP contribution in [-0.4, -0.2) is 68.9 Å². The van der Waals surface area contributed by atoms with Crippen molar-refractivity contribution in [2.24, 2.45) is 0 Å². The van der Waals surface area contributed by atoms with Crippen LogP contribution in [0.3, 0.4) is 0 Å². The Labute approximate surface area is 187 Å². The summed E-state index contributed by atoms with van der Waals surface area (Å²) in [5.74, 6) is -1.72. The summed E-state index contributed by atoms with van der Waals surface area (Å²) in [5, 5.41) is 0.0812. The normalized spacial score (nSPS) is 37.5. The first-order valence-electron chi connectivity index (χ1n) is 11.2. The summed E-state index contributed by atoms with van der Waals surface area (Å²) in [6, 6.07) is 0. The van der Waals surface area contributed by atoms with E-state index in [1.165, 1.54) is 6.08 Å². The van der Waals surface area contributed by atoms with E-state index < -0.39 is 38.2 Å². The van der Waals surface area contributed by atoms with E-state index in [0.717, 1.165) is 0 Å². The Morgan fingerprint density at radius 2 is 1.61 bits per heavy atom. The summed E-state index contributed by atoms with van der Waals surface area (Å²) in [6.07, 6.45) is -0.864. The number of ketones is 1. The first kappa shape index (κ1) is 25.0. The molecule has 3 saturated heterocycles. The molecule has 0 aromatic heterocycles. The minimum atomic E-state index is -1.98. The third-order valence-electron chi connectivity index (χ3n) is 6.79. The van der Waals surface area contributed by atoms with Gasteiger partial charge in [-0.3, -0.25) is 4.79 Å². The minimum absolute atomic E-state index is 0.0812. The van der Waals surface area contributed by atoms with Crippen molar-refractivity contribution in [1.82, 2.24) is 0 Å². The van der Waals surface area contributed by atoms with Crippen molar-refractivity contribution >= 4 is 14.1 Å². The smallest absolute Gasteiger partial charge is 0.192 e. The molecule has 7 nitrogen and oxygen atoms in total. The molecule has 0 N–H and O–H groups in total. The number of rotatable bonds is 6. The van der Waals surface area contributed by atoms with Crippen LogP contribution in [0.5, 0.6) is 0 Å². The van der Waals surface area contributed by atoms with Gasteiger partial charge >= 0.3 is 0 Å². The number of carbonyl (C=O) groups is 1. The monoisotopic (exact) mass is 456 g/mol. The fourth-order valence-electron chi connectivity index (χ4n) is 4.21. The van der Waals surface area contributed by atoms with Gasteiger partial charge in [0.2, 0.25) is 0 Å². The molecule has 0 aromatic rings. The standard InChI is InChI=1S/C23H40O7Si/c1-11-14(24)15-12-16-18(29-22(5,6)27-16)20(26-15)19-17(28-23(7,8)30-19)13-25-31(9,10)21(2,3)4/h11,15-20H,1,12-13H2,2-10H3/t15-,16-,17-,18-,19+,20-/m1/s1. The van der Waals surface area contributed by atoms with Crippen LogP contribution in [0.15, 0.2) is 12.7 Å². The van der Waals surface area contributed by atoms with Gasteiger partial charge in [0.25, 0.3) is 0 Å². The van der Waals surface area contributed by atoms with E-state index in [4.69, 9.17) is 28.1 Å². The van der Waals surface area contributed by atoms with Crippen LogP contribution in [0.1, 0.15) is 54.9 Å². The topological polar surface area (TPSA) is 72.5 Å². The number of fused-ring (bicyclic) bond motifs is 1. The molecule has 3 fully saturated rings. The average Bonchev–Trinajstić information content (AvgIpc) is 3.11. The van der Waals surface area contributed by atoms with E-state index in [2.05, 4.69) is 40.4 Å². The Kier molecular flexibility index (Phi) is 6.71. The molecule has 0 amide bonds. The molecule has 8 heteroatoms. The Hall–Kier alpha value is -0.613. The number of hydrogen-bond acceptors (Lipinski definition) is 7. The summed E-state index contributed by atoms with van der Waals surface area (Å²) in [7, 11) is -1.98. The van der Waals surface area contributed by atoms with Crippen molar-refractivity contribution in [1.29, 1.82) is 0 Å². The molecular weight excluding hydrogens is 416 g/mol. The zero-order chi connectivity index (χ0) is 23.4. The molecule has 0 bridgehead atoms. The lowest BCUT2D eigenvalue weighted by molar-refractivity contribution is -0.203. The van der Waals surface area contributed by atoms with Gasteiger partial charge in [-0.05, 0) is 51.9 Å². The number of ether oxygens (including phenoxy) is 5. The molecule has 3 rings (SSSR count). The maximum atomic E-state index is 12.4. The van der Waals surface area contributed by atoms with Crippen LogP contribution in [0.2, 0.25) is 18.1 Å². The maximum absolute atomic E-state index is 12.4. The van der Waals surface area contributed by atoms with E-state index in [-0.39, 0.29) is 29.1 Å². The van der Waals surface area contributed by atoms with Crippen molar-refractivity contribution in [3.05, 3.63) is 12.7 Å². The summed E-state index contributed by atoms with van der Waals surface area (Å²) in [4.78, 5) is 12.4. The van der Waals surface area contributed by atoms with Gasteiger partial charge in [0.1, 0.15) is 30.5 Å². The second-order valence-electron chi connectivity index (χ2n) is 11.3. The Morgan fingerprint density at radius 3 is 2.19 bits per heavy atom. The Balaban J connectivity index is 1.85. The maximum Gasteiger partial charge on any atom is 0.192 e. The molecule has 0 unspecified atom stereocenters. The molecule has 6 atom stereocenters. The van der Waals surface area contributed by atoms with E-state index >= 15 is 0 Å². The lowest BCUT2D eigenvalue weighted by Gasteiger charge is -2.40. The first-order chi connectivity index (χ1) is 14.1. The van der Waals surface area contributed by atoms with Gasteiger partial charge in [-0.15, -0.1) is 0 Å². The molecule has 0 aromatic carbocycles. The average molecular weight is 457 g/mol. The highest BCUT2D eigenvalue weighted by atomic mass is 28.4. The SMILES string of the molecule is C=CC(=O)[C@H]1C[C@H]2OC(C)(C)O[C@H]2[C@H]([C@H]2OC(C)(C)O[C@@H]2CO[Si](C)(C)C(C)(C)C)O1. The predicted octanol–water partition coefficient (Wildman–Crippen LogP) is 3.96. The largest absolute Gasteiger partial charge is 0.414 e. The van der Waals surface area contributed by atoms with Crippen molar-refractivity contribution in [2.75, 3.05) is 6.61 Å². The minimum Gasteiger partial charge on any atom is -0.414 e. The van der Waals surface area contributed by atoms with E-state index in [1.807, 2.05) is 27.7 Å². The first-order valence-corrected chi connectivity index (χ1v) is 14.1. The number of carbonyl (C=O) groups excluding carboxylic acids is 1. The molecule has 0 spiro atoms. The van der Waals surface area contributed by atoms with Crippen molar-refractivity contribution < 1.29 is 32.9 Å². The highest BCUT2D eigenvalue weighted by Crippen LogP contribution is 2.43. The molecule has 0 aliphatic carbocycles. The van der Waals surface area contributed by atoms with Gasteiger partial charge in [0, 0.05) is 6.42 Å². The number of hydrogen-bond donors (Lipinski definition) is 0. The van der Waals surface area contributed by atoms with E-state index in [9.17, 15) is 4.79 Å². The Morgan fingerprint density at radius 1 is 1.03 bits per heavy atom. The molecule has 3 aliphatic rings.